The van der Waals surface area contributed by atoms with Gasteiger partial charge in [0.15, 0.2) is 0 Å². The van der Waals surface area contributed by atoms with Crippen LogP contribution in [0.2, 0.25) is 0 Å². The van der Waals surface area contributed by atoms with Gasteiger partial charge in [0, 0.05) is 0 Å². The molecule has 2 unspecified atom stereocenters. The van der Waals surface area contributed by atoms with E-state index in [0.29, 0.717) is 34.1 Å². The molecular formula is C39H40O6. The van der Waals surface area contributed by atoms with Crippen LogP contribution in [0, 0.1) is 27.7 Å². The van der Waals surface area contributed by atoms with Gasteiger partial charge in [0.05, 0.1) is 25.3 Å². The molecule has 0 aliphatic heterocycles. The van der Waals surface area contributed by atoms with E-state index in [1.54, 1.807) is 14.2 Å². The Kier molecular flexibility index (Phi) is 7.54. The number of aryl methyl sites for hydroxylation is 4. The molecule has 0 saturated heterocycles. The summed E-state index contributed by atoms with van der Waals surface area (Å²) >= 11 is 0. The summed E-state index contributed by atoms with van der Waals surface area (Å²) < 4.78 is 24.1. The lowest BCUT2D eigenvalue weighted by Crippen LogP contribution is -2.13. The number of aliphatic hydroxyl groups is 2. The average Bonchev–Trinajstić information content (AvgIpc) is 3.83. The van der Waals surface area contributed by atoms with Crippen molar-refractivity contribution in [1.29, 1.82) is 0 Å². The van der Waals surface area contributed by atoms with Gasteiger partial charge in [-0.05, 0) is 129 Å². The van der Waals surface area contributed by atoms with Gasteiger partial charge in [-0.2, -0.15) is 0 Å². The van der Waals surface area contributed by atoms with Gasteiger partial charge in [-0.1, -0.05) is 36.4 Å². The SMILES string of the molecule is COc1cccc(Oc2c(C)cc(Cc3cc(C)c(Oc4cccc(OC)c4C4(O)C=C4C)c(C)c3)cc2C)c1C1(O)C=C1C. The van der Waals surface area contributed by atoms with E-state index >= 15 is 0 Å². The summed E-state index contributed by atoms with van der Waals surface area (Å²) in [5, 5.41) is 22.3. The zero-order valence-corrected chi connectivity index (χ0v) is 27.2. The monoisotopic (exact) mass is 604 g/mol. The number of hydrogen-bond donors (Lipinski definition) is 2. The summed E-state index contributed by atoms with van der Waals surface area (Å²) in [6, 6.07) is 19.8. The Balaban J connectivity index is 1.25. The van der Waals surface area contributed by atoms with E-state index in [4.69, 9.17) is 18.9 Å². The zero-order chi connectivity index (χ0) is 32.3. The maximum atomic E-state index is 11.1. The van der Waals surface area contributed by atoms with Gasteiger partial charge in [0.25, 0.3) is 0 Å². The van der Waals surface area contributed by atoms with Crippen molar-refractivity contribution in [3.05, 3.63) is 128 Å². The molecule has 0 radical (unpaired) electrons. The smallest absolute Gasteiger partial charge is 0.137 e. The summed E-state index contributed by atoms with van der Waals surface area (Å²) in [4.78, 5) is 0. The highest BCUT2D eigenvalue weighted by molar-refractivity contribution is 5.63. The molecule has 0 spiro atoms. The highest BCUT2D eigenvalue weighted by Crippen LogP contribution is 2.53. The Morgan fingerprint density at radius 2 is 0.844 bits per heavy atom. The maximum absolute atomic E-state index is 11.1. The zero-order valence-electron chi connectivity index (χ0n) is 27.2. The van der Waals surface area contributed by atoms with Crippen LogP contribution in [0.1, 0.15) is 58.4 Å². The van der Waals surface area contributed by atoms with Crippen LogP contribution in [0.15, 0.2) is 84.0 Å². The molecule has 6 rings (SSSR count). The van der Waals surface area contributed by atoms with Crippen molar-refractivity contribution in [2.45, 2.75) is 59.2 Å². The third-order valence-electron chi connectivity index (χ3n) is 8.94. The summed E-state index contributed by atoms with van der Waals surface area (Å²) in [7, 11) is 3.20. The fourth-order valence-corrected chi connectivity index (χ4v) is 6.44. The van der Waals surface area contributed by atoms with Crippen LogP contribution >= 0.6 is 0 Å². The fourth-order valence-electron chi connectivity index (χ4n) is 6.44. The Labute approximate surface area is 265 Å². The molecule has 45 heavy (non-hydrogen) atoms. The molecule has 232 valence electrons. The minimum atomic E-state index is -1.14. The van der Waals surface area contributed by atoms with Crippen LogP contribution in [-0.2, 0) is 17.6 Å². The maximum Gasteiger partial charge on any atom is 0.137 e. The van der Waals surface area contributed by atoms with Crippen LogP contribution in [0.3, 0.4) is 0 Å². The van der Waals surface area contributed by atoms with Gasteiger partial charge in [0.2, 0.25) is 0 Å². The fraction of sp³-hybridized carbons (Fsp3) is 0.282. The molecule has 2 aliphatic rings. The van der Waals surface area contributed by atoms with Crippen LogP contribution < -0.4 is 18.9 Å². The number of rotatable bonds is 10. The van der Waals surface area contributed by atoms with Gasteiger partial charge in [0.1, 0.15) is 45.7 Å². The van der Waals surface area contributed by atoms with Crippen LogP contribution in [0.5, 0.6) is 34.5 Å². The first-order valence-corrected chi connectivity index (χ1v) is 15.1. The van der Waals surface area contributed by atoms with E-state index in [9.17, 15) is 10.2 Å². The normalized spacial score (nSPS) is 19.9. The Hall–Kier alpha value is -4.52. The van der Waals surface area contributed by atoms with Crippen molar-refractivity contribution in [3.63, 3.8) is 0 Å². The number of ether oxygens (including phenoxy) is 4. The van der Waals surface area contributed by atoms with Gasteiger partial charge in [-0.3, -0.25) is 0 Å². The molecule has 0 fully saturated rings. The number of methoxy groups -OCH3 is 2. The van der Waals surface area contributed by atoms with Crippen LogP contribution in [0.4, 0.5) is 0 Å². The molecule has 0 heterocycles. The van der Waals surface area contributed by atoms with Crippen molar-refractivity contribution in [3.8, 4) is 34.5 Å². The summed E-state index contributed by atoms with van der Waals surface area (Å²) in [5.74, 6) is 3.86. The minimum Gasteiger partial charge on any atom is -0.496 e. The van der Waals surface area contributed by atoms with Crippen molar-refractivity contribution in [2.24, 2.45) is 0 Å². The topological polar surface area (TPSA) is 77.4 Å². The van der Waals surface area contributed by atoms with Gasteiger partial charge < -0.3 is 29.2 Å². The van der Waals surface area contributed by atoms with E-state index in [1.807, 2.05) is 90.1 Å². The lowest BCUT2D eigenvalue weighted by molar-refractivity contribution is 0.164. The summed E-state index contributed by atoms with van der Waals surface area (Å²) in [6.07, 6.45) is 4.36. The summed E-state index contributed by atoms with van der Waals surface area (Å²) in [5.41, 5.74) is 7.08. The molecule has 6 heteroatoms. The minimum absolute atomic E-state index is 0.574. The first-order chi connectivity index (χ1) is 21.4. The Morgan fingerprint density at radius 3 is 1.13 bits per heavy atom. The molecule has 4 aromatic carbocycles. The molecule has 4 aromatic rings. The molecule has 0 amide bonds. The second kappa shape index (κ2) is 11.1. The third kappa shape index (κ3) is 5.39. The van der Waals surface area contributed by atoms with Crippen LogP contribution in [-0.4, -0.2) is 24.4 Å². The second-order valence-electron chi connectivity index (χ2n) is 12.4. The Morgan fingerprint density at radius 1 is 0.533 bits per heavy atom. The van der Waals surface area contributed by atoms with E-state index in [0.717, 1.165) is 51.3 Å². The molecule has 2 aliphatic carbocycles. The van der Waals surface area contributed by atoms with E-state index in [-0.39, 0.29) is 0 Å². The third-order valence-corrected chi connectivity index (χ3v) is 8.94. The van der Waals surface area contributed by atoms with E-state index < -0.39 is 11.2 Å². The Bertz CT molecular complexity index is 1720. The molecule has 2 N–H and O–H groups in total. The first-order valence-electron chi connectivity index (χ1n) is 15.1. The predicted molar refractivity (Wildman–Crippen MR) is 176 cm³/mol. The van der Waals surface area contributed by atoms with Gasteiger partial charge >= 0.3 is 0 Å². The quantitative estimate of drug-likeness (QED) is 0.177. The molecule has 0 aromatic heterocycles. The molecular weight excluding hydrogens is 564 g/mol. The summed E-state index contributed by atoms with van der Waals surface area (Å²) in [6.45, 7) is 12.0. The van der Waals surface area contributed by atoms with Gasteiger partial charge in [-0.25, -0.2) is 0 Å². The van der Waals surface area contributed by atoms with Crippen LogP contribution in [0.25, 0.3) is 0 Å². The van der Waals surface area contributed by atoms with Crippen molar-refractivity contribution in [2.75, 3.05) is 14.2 Å². The van der Waals surface area contributed by atoms with E-state index in [2.05, 4.69) is 24.3 Å². The predicted octanol–water partition coefficient (Wildman–Crippen LogP) is 8.41. The van der Waals surface area contributed by atoms with E-state index in [1.165, 1.54) is 11.1 Å². The van der Waals surface area contributed by atoms with Crippen molar-refractivity contribution >= 4 is 0 Å². The highest BCUT2D eigenvalue weighted by atomic mass is 16.5. The molecule has 2 atom stereocenters. The molecule has 0 saturated carbocycles. The largest absolute Gasteiger partial charge is 0.496 e. The number of hydrogen-bond acceptors (Lipinski definition) is 6. The lowest BCUT2D eigenvalue weighted by atomic mass is 9.96. The average molecular weight is 605 g/mol. The van der Waals surface area contributed by atoms with Crippen molar-refractivity contribution in [1.82, 2.24) is 0 Å². The standard InChI is InChI=1S/C39H40O6/c1-22-15-28(16-23(2)36(22)44-32-13-9-11-30(42-7)34(32)38(40)20-26(38)5)19-29-17-24(3)37(25(4)18-29)45-33-14-10-12-31(43-8)35(33)39(41)21-27(39)6/h9-18,20-21,40-41H,19H2,1-8H3. The lowest BCUT2D eigenvalue weighted by Gasteiger charge is -2.22. The number of benzene rings is 4. The molecule has 0 bridgehead atoms. The first kappa shape index (κ1) is 30.5. The second-order valence-corrected chi connectivity index (χ2v) is 12.4. The molecule has 6 nitrogen and oxygen atoms in total. The highest BCUT2D eigenvalue weighted by Gasteiger charge is 2.46. The van der Waals surface area contributed by atoms with Gasteiger partial charge in [-0.15, -0.1) is 0 Å². The van der Waals surface area contributed by atoms with Crippen molar-refractivity contribution < 1.29 is 29.2 Å².